The van der Waals surface area contributed by atoms with Gasteiger partial charge in [-0.1, -0.05) is 6.07 Å². The number of amides is 1. The molecule has 1 aliphatic heterocycles. The summed E-state index contributed by atoms with van der Waals surface area (Å²) in [4.78, 5) is 26.7. The first kappa shape index (κ1) is 15.3. The summed E-state index contributed by atoms with van der Waals surface area (Å²) in [6, 6.07) is 7.67. The van der Waals surface area contributed by atoms with Gasteiger partial charge in [0.1, 0.15) is 6.07 Å². The summed E-state index contributed by atoms with van der Waals surface area (Å²) in [7, 11) is 1.26. The van der Waals surface area contributed by atoms with Crippen molar-refractivity contribution in [1.29, 1.82) is 5.26 Å². The molecule has 4 rings (SSSR count). The number of nitrogens with zero attached hydrogens (tertiary/aromatic N) is 3. The summed E-state index contributed by atoms with van der Waals surface area (Å²) in [5, 5.41) is 9.26. The molecule has 7 heteroatoms. The van der Waals surface area contributed by atoms with Gasteiger partial charge in [0.25, 0.3) is 5.91 Å². The Labute approximate surface area is 144 Å². The van der Waals surface area contributed by atoms with Gasteiger partial charge in [0.2, 0.25) is 0 Å². The first-order valence-corrected chi connectivity index (χ1v) is 7.99. The first-order valence-electron chi connectivity index (χ1n) is 7.99. The van der Waals surface area contributed by atoms with Crippen molar-refractivity contribution in [3.8, 4) is 11.8 Å². The molecule has 7 nitrogen and oxygen atoms in total. The molecule has 0 atom stereocenters. The predicted octanol–water partition coefficient (Wildman–Crippen LogP) is 1.84. The van der Waals surface area contributed by atoms with Gasteiger partial charge in [0.05, 0.1) is 24.0 Å². The molecule has 2 aromatic rings. The normalized spacial score (nSPS) is 15.8. The number of methoxy groups -OCH3 is 1. The number of esters is 1. The van der Waals surface area contributed by atoms with Crippen LogP contribution in [0, 0.1) is 11.3 Å². The summed E-state index contributed by atoms with van der Waals surface area (Å²) in [5.74, 6) is -0.612. The van der Waals surface area contributed by atoms with Crippen LogP contribution in [0.25, 0.3) is 5.69 Å². The van der Waals surface area contributed by atoms with Crippen LogP contribution >= 0.6 is 0 Å². The Morgan fingerprint density at radius 3 is 2.80 bits per heavy atom. The molecule has 1 aromatic carbocycles. The molecule has 0 spiro atoms. The topological polar surface area (TPSA) is 101 Å². The van der Waals surface area contributed by atoms with Crippen molar-refractivity contribution >= 4 is 17.6 Å². The summed E-state index contributed by atoms with van der Waals surface area (Å²) in [5.41, 5.74) is 8.48. The van der Waals surface area contributed by atoms with Gasteiger partial charge in [-0.2, -0.15) is 5.26 Å². The summed E-state index contributed by atoms with van der Waals surface area (Å²) < 4.78 is 6.38. The zero-order chi connectivity index (χ0) is 17.7. The fourth-order valence-electron chi connectivity index (χ4n) is 3.35. The van der Waals surface area contributed by atoms with Crippen LogP contribution in [0.3, 0.4) is 0 Å². The molecular formula is C18H16N4O3. The van der Waals surface area contributed by atoms with Crippen LogP contribution in [-0.2, 0) is 11.3 Å². The monoisotopic (exact) mass is 336 g/mol. The number of rotatable bonds is 3. The number of carbonyl (C=O) groups is 2. The fourth-order valence-corrected chi connectivity index (χ4v) is 3.35. The minimum Gasteiger partial charge on any atom is -0.464 e. The van der Waals surface area contributed by atoms with E-state index < -0.39 is 5.97 Å². The van der Waals surface area contributed by atoms with Crippen LogP contribution < -0.4 is 5.73 Å². The highest BCUT2D eigenvalue weighted by Crippen LogP contribution is 2.37. The molecule has 2 heterocycles. The Bertz CT molecular complexity index is 950. The number of nitriles is 1. The summed E-state index contributed by atoms with van der Waals surface area (Å²) in [6.45, 7) is 0.496. The van der Waals surface area contributed by atoms with Crippen molar-refractivity contribution in [2.45, 2.75) is 25.4 Å². The lowest BCUT2D eigenvalue weighted by Crippen LogP contribution is -2.25. The third kappa shape index (κ3) is 2.18. The second-order valence-electron chi connectivity index (χ2n) is 6.25. The Balaban J connectivity index is 1.90. The van der Waals surface area contributed by atoms with E-state index in [-0.39, 0.29) is 22.9 Å². The minimum absolute atomic E-state index is 0.0135. The van der Waals surface area contributed by atoms with Gasteiger partial charge in [-0.3, -0.25) is 4.79 Å². The average Bonchev–Trinajstić information content (AvgIpc) is 3.34. The number of aromatic nitrogens is 1. The fraction of sp³-hybridized carbons (Fsp3) is 0.278. The number of nitrogens with two attached hydrogens (primary N) is 1. The predicted molar refractivity (Wildman–Crippen MR) is 89.1 cm³/mol. The van der Waals surface area contributed by atoms with Crippen molar-refractivity contribution in [2.75, 3.05) is 12.8 Å². The number of hydrogen-bond acceptors (Lipinski definition) is 5. The van der Waals surface area contributed by atoms with Crippen LogP contribution in [-0.4, -0.2) is 34.5 Å². The maximum atomic E-state index is 12.6. The molecular weight excluding hydrogens is 320 g/mol. The van der Waals surface area contributed by atoms with E-state index in [1.807, 2.05) is 17.0 Å². The van der Waals surface area contributed by atoms with Crippen LogP contribution in [0.2, 0.25) is 0 Å². The molecule has 2 aliphatic rings. The van der Waals surface area contributed by atoms with Crippen molar-refractivity contribution in [1.82, 2.24) is 9.47 Å². The standard InChI is InChI=1S/C18H16N4O3/c1-25-18(24)16-15(20)10(7-19)8-22(16)14-4-2-3-12-13(14)9-21(17(12)23)11-5-6-11/h2-4,8,11H,5-6,9,20H2,1H3. The SMILES string of the molecule is COC(=O)c1c(N)c(C#N)cn1-c1cccc2c1CN(C1CC1)C2=O. The van der Waals surface area contributed by atoms with E-state index in [0.29, 0.717) is 23.8 Å². The van der Waals surface area contributed by atoms with E-state index in [9.17, 15) is 14.9 Å². The number of nitrogen functional groups attached to an aromatic ring is 1. The minimum atomic E-state index is -0.625. The van der Waals surface area contributed by atoms with Gasteiger partial charge >= 0.3 is 5.97 Å². The molecule has 1 aliphatic carbocycles. The Morgan fingerprint density at radius 2 is 2.16 bits per heavy atom. The van der Waals surface area contributed by atoms with E-state index in [1.165, 1.54) is 13.3 Å². The van der Waals surface area contributed by atoms with Crippen molar-refractivity contribution < 1.29 is 14.3 Å². The third-order valence-electron chi connectivity index (χ3n) is 4.76. The van der Waals surface area contributed by atoms with Crippen LogP contribution in [0.5, 0.6) is 0 Å². The summed E-state index contributed by atoms with van der Waals surface area (Å²) >= 11 is 0. The molecule has 0 radical (unpaired) electrons. The average molecular weight is 336 g/mol. The molecule has 1 fully saturated rings. The van der Waals surface area contributed by atoms with Crippen molar-refractivity contribution in [2.24, 2.45) is 0 Å². The van der Waals surface area contributed by atoms with Gasteiger partial charge in [-0.15, -0.1) is 0 Å². The Hall–Kier alpha value is -3.27. The largest absolute Gasteiger partial charge is 0.464 e. The number of benzene rings is 1. The second-order valence-corrected chi connectivity index (χ2v) is 6.25. The van der Waals surface area contributed by atoms with Crippen LogP contribution in [0.4, 0.5) is 5.69 Å². The van der Waals surface area contributed by atoms with E-state index >= 15 is 0 Å². The number of ether oxygens (including phenoxy) is 1. The number of fused-ring (bicyclic) bond motifs is 1. The van der Waals surface area contributed by atoms with E-state index in [0.717, 1.165) is 18.4 Å². The zero-order valence-corrected chi connectivity index (χ0v) is 13.7. The van der Waals surface area contributed by atoms with E-state index in [2.05, 4.69) is 0 Å². The van der Waals surface area contributed by atoms with Crippen LogP contribution in [0.1, 0.15) is 44.8 Å². The molecule has 2 N–H and O–H groups in total. The van der Waals surface area contributed by atoms with Gasteiger partial charge in [0.15, 0.2) is 5.69 Å². The molecule has 1 aromatic heterocycles. The maximum absolute atomic E-state index is 12.6. The highest BCUT2D eigenvalue weighted by molar-refractivity contribution is 6.00. The summed E-state index contributed by atoms with van der Waals surface area (Å²) in [6.07, 6.45) is 3.57. The van der Waals surface area contributed by atoms with E-state index in [1.54, 1.807) is 16.7 Å². The molecule has 0 saturated heterocycles. The number of anilines is 1. The molecule has 25 heavy (non-hydrogen) atoms. The molecule has 0 unspecified atom stereocenters. The molecule has 0 bridgehead atoms. The second kappa shape index (κ2) is 5.38. The highest BCUT2D eigenvalue weighted by atomic mass is 16.5. The molecule has 1 saturated carbocycles. The lowest BCUT2D eigenvalue weighted by Gasteiger charge is -2.15. The quantitative estimate of drug-likeness (QED) is 0.862. The number of hydrogen-bond donors (Lipinski definition) is 1. The van der Waals surface area contributed by atoms with Gasteiger partial charge in [0, 0.05) is 29.9 Å². The first-order chi connectivity index (χ1) is 12.1. The van der Waals surface area contributed by atoms with E-state index in [4.69, 9.17) is 10.5 Å². The zero-order valence-electron chi connectivity index (χ0n) is 13.7. The van der Waals surface area contributed by atoms with Gasteiger partial charge in [-0.05, 0) is 25.0 Å². The highest BCUT2D eigenvalue weighted by Gasteiger charge is 2.39. The Morgan fingerprint density at radius 1 is 1.40 bits per heavy atom. The molecule has 126 valence electrons. The Kier molecular flexibility index (Phi) is 3.29. The lowest BCUT2D eigenvalue weighted by atomic mass is 10.1. The molecule has 1 amide bonds. The van der Waals surface area contributed by atoms with Crippen LogP contribution in [0.15, 0.2) is 24.4 Å². The van der Waals surface area contributed by atoms with Crippen molar-refractivity contribution in [3.63, 3.8) is 0 Å². The third-order valence-corrected chi connectivity index (χ3v) is 4.76. The lowest BCUT2D eigenvalue weighted by molar-refractivity contribution is 0.0592. The van der Waals surface area contributed by atoms with Gasteiger partial charge < -0.3 is 19.9 Å². The van der Waals surface area contributed by atoms with Gasteiger partial charge in [-0.25, -0.2) is 4.79 Å². The number of carbonyl (C=O) groups excluding carboxylic acids is 2. The maximum Gasteiger partial charge on any atom is 0.357 e. The smallest absolute Gasteiger partial charge is 0.357 e. The van der Waals surface area contributed by atoms with Crippen molar-refractivity contribution in [3.05, 3.63) is 46.8 Å².